The number of guanidine groups is 1. The van der Waals surface area contributed by atoms with Crippen molar-refractivity contribution in [1.29, 1.82) is 0 Å². The molecular formula is C18H33N3OS. The summed E-state index contributed by atoms with van der Waals surface area (Å²) < 4.78 is 0. The SMILES string of the molecule is CCCC(CCO)CN=C(NCC)NC(C)Cc1ccc(C)s1. The van der Waals surface area contributed by atoms with Crippen LogP contribution in [0.3, 0.4) is 0 Å². The van der Waals surface area contributed by atoms with Gasteiger partial charge in [0.15, 0.2) is 5.96 Å². The maximum atomic E-state index is 9.16. The van der Waals surface area contributed by atoms with Crippen molar-refractivity contribution < 1.29 is 5.11 Å². The van der Waals surface area contributed by atoms with Crippen molar-refractivity contribution in [1.82, 2.24) is 10.6 Å². The van der Waals surface area contributed by atoms with Gasteiger partial charge < -0.3 is 15.7 Å². The van der Waals surface area contributed by atoms with E-state index < -0.39 is 0 Å². The maximum absolute atomic E-state index is 9.16. The predicted octanol–water partition coefficient (Wildman–Crippen LogP) is 3.34. The molecule has 0 amide bonds. The van der Waals surface area contributed by atoms with E-state index >= 15 is 0 Å². The van der Waals surface area contributed by atoms with Gasteiger partial charge in [-0.3, -0.25) is 4.99 Å². The fraction of sp³-hybridized carbons (Fsp3) is 0.722. The quantitative estimate of drug-likeness (QED) is 0.453. The molecule has 1 aromatic heterocycles. The Balaban J connectivity index is 2.55. The number of aliphatic hydroxyl groups excluding tert-OH is 1. The Kier molecular flexibility index (Phi) is 9.96. The summed E-state index contributed by atoms with van der Waals surface area (Å²) in [5, 5.41) is 16.0. The zero-order valence-electron chi connectivity index (χ0n) is 15.1. The molecule has 23 heavy (non-hydrogen) atoms. The van der Waals surface area contributed by atoms with E-state index in [1.165, 1.54) is 9.75 Å². The molecule has 0 radical (unpaired) electrons. The molecular weight excluding hydrogens is 306 g/mol. The number of aliphatic hydroxyl groups is 1. The fourth-order valence-electron chi connectivity index (χ4n) is 2.64. The first-order chi connectivity index (χ1) is 11.1. The van der Waals surface area contributed by atoms with Crippen LogP contribution >= 0.6 is 11.3 Å². The van der Waals surface area contributed by atoms with E-state index in [9.17, 15) is 0 Å². The summed E-state index contributed by atoms with van der Waals surface area (Å²) >= 11 is 1.86. The topological polar surface area (TPSA) is 56.7 Å². The summed E-state index contributed by atoms with van der Waals surface area (Å²) in [6.45, 7) is 10.5. The highest BCUT2D eigenvalue weighted by Crippen LogP contribution is 2.16. The molecule has 2 unspecified atom stereocenters. The zero-order valence-corrected chi connectivity index (χ0v) is 15.9. The Morgan fingerprint density at radius 2 is 2.09 bits per heavy atom. The monoisotopic (exact) mass is 339 g/mol. The van der Waals surface area contributed by atoms with Gasteiger partial charge in [0.25, 0.3) is 0 Å². The molecule has 0 aromatic carbocycles. The molecule has 0 saturated carbocycles. The normalized spacial score (nSPS) is 14.6. The van der Waals surface area contributed by atoms with Crippen molar-refractivity contribution in [2.45, 2.75) is 59.4 Å². The van der Waals surface area contributed by atoms with Crippen LogP contribution in [-0.2, 0) is 6.42 Å². The first-order valence-electron chi connectivity index (χ1n) is 8.80. The van der Waals surface area contributed by atoms with E-state index in [4.69, 9.17) is 10.1 Å². The van der Waals surface area contributed by atoms with Gasteiger partial charge in [0.2, 0.25) is 0 Å². The van der Waals surface area contributed by atoms with Gasteiger partial charge in [-0.15, -0.1) is 11.3 Å². The van der Waals surface area contributed by atoms with Gasteiger partial charge in [0.1, 0.15) is 0 Å². The van der Waals surface area contributed by atoms with E-state index in [0.29, 0.717) is 12.0 Å². The molecule has 1 aromatic rings. The summed E-state index contributed by atoms with van der Waals surface area (Å²) in [7, 11) is 0. The number of aliphatic imine (C=N–C) groups is 1. The lowest BCUT2D eigenvalue weighted by molar-refractivity contribution is 0.253. The van der Waals surface area contributed by atoms with Crippen LogP contribution in [0.2, 0.25) is 0 Å². The summed E-state index contributed by atoms with van der Waals surface area (Å²) in [5.74, 6) is 1.35. The molecule has 0 bridgehead atoms. The smallest absolute Gasteiger partial charge is 0.191 e. The van der Waals surface area contributed by atoms with E-state index in [-0.39, 0.29) is 6.61 Å². The lowest BCUT2D eigenvalue weighted by atomic mass is 10.0. The Morgan fingerprint density at radius 1 is 1.30 bits per heavy atom. The molecule has 1 rings (SSSR count). The largest absolute Gasteiger partial charge is 0.396 e. The van der Waals surface area contributed by atoms with Crippen molar-refractivity contribution in [3.63, 3.8) is 0 Å². The molecule has 0 spiro atoms. The molecule has 2 atom stereocenters. The molecule has 5 heteroatoms. The molecule has 1 heterocycles. The van der Waals surface area contributed by atoms with Crippen molar-refractivity contribution in [3.8, 4) is 0 Å². The molecule has 0 fully saturated rings. The minimum absolute atomic E-state index is 0.248. The second-order valence-corrected chi connectivity index (χ2v) is 7.52. The molecule has 0 aliphatic rings. The van der Waals surface area contributed by atoms with Gasteiger partial charge >= 0.3 is 0 Å². The van der Waals surface area contributed by atoms with Crippen molar-refractivity contribution in [2.75, 3.05) is 19.7 Å². The van der Waals surface area contributed by atoms with Crippen LogP contribution in [0.4, 0.5) is 0 Å². The van der Waals surface area contributed by atoms with Gasteiger partial charge in [-0.05, 0) is 51.7 Å². The minimum atomic E-state index is 0.248. The van der Waals surface area contributed by atoms with Gasteiger partial charge in [-0.2, -0.15) is 0 Å². The van der Waals surface area contributed by atoms with E-state index in [1.807, 2.05) is 11.3 Å². The molecule has 3 N–H and O–H groups in total. The first kappa shape index (κ1) is 20.0. The minimum Gasteiger partial charge on any atom is -0.396 e. The third-order valence-corrected chi connectivity index (χ3v) is 4.80. The number of aryl methyl sites for hydroxylation is 1. The Hall–Kier alpha value is -1.07. The van der Waals surface area contributed by atoms with E-state index in [2.05, 4.69) is 50.5 Å². The molecule has 0 saturated heterocycles. The Bertz CT molecular complexity index is 453. The third-order valence-electron chi connectivity index (χ3n) is 3.77. The van der Waals surface area contributed by atoms with Crippen molar-refractivity contribution >= 4 is 17.3 Å². The highest BCUT2D eigenvalue weighted by atomic mass is 32.1. The average Bonchev–Trinajstić information content (AvgIpc) is 2.90. The van der Waals surface area contributed by atoms with Crippen molar-refractivity contribution in [2.24, 2.45) is 10.9 Å². The van der Waals surface area contributed by atoms with Gasteiger partial charge in [-0.1, -0.05) is 13.3 Å². The Labute approximate surface area is 145 Å². The van der Waals surface area contributed by atoms with Crippen LogP contribution in [0.15, 0.2) is 17.1 Å². The number of thiophene rings is 1. The van der Waals surface area contributed by atoms with Crippen LogP contribution in [-0.4, -0.2) is 36.8 Å². The molecule has 0 aliphatic carbocycles. The van der Waals surface area contributed by atoms with Crippen molar-refractivity contribution in [3.05, 3.63) is 21.9 Å². The molecule has 0 aliphatic heterocycles. The van der Waals surface area contributed by atoms with Gasteiger partial charge in [0, 0.05) is 41.9 Å². The van der Waals surface area contributed by atoms with Crippen LogP contribution in [0.1, 0.15) is 49.8 Å². The van der Waals surface area contributed by atoms with Crippen LogP contribution in [0, 0.1) is 12.8 Å². The lowest BCUT2D eigenvalue weighted by Crippen LogP contribution is -2.43. The van der Waals surface area contributed by atoms with Gasteiger partial charge in [0.05, 0.1) is 0 Å². The number of nitrogens with zero attached hydrogens (tertiary/aromatic N) is 1. The zero-order chi connectivity index (χ0) is 17.1. The fourth-order valence-corrected chi connectivity index (χ4v) is 3.66. The summed E-state index contributed by atoms with van der Waals surface area (Å²) in [6.07, 6.45) is 4.10. The Morgan fingerprint density at radius 3 is 2.65 bits per heavy atom. The number of nitrogens with one attached hydrogen (secondary N) is 2. The maximum Gasteiger partial charge on any atom is 0.191 e. The summed E-state index contributed by atoms with van der Waals surface area (Å²) in [6, 6.07) is 4.73. The second-order valence-electron chi connectivity index (χ2n) is 6.15. The first-order valence-corrected chi connectivity index (χ1v) is 9.61. The predicted molar refractivity (Wildman–Crippen MR) is 101 cm³/mol. The molecule has 4 nitrogen and oxygen atoms in total. The molecule has 132 valence electrons. The third kappa shape index (κ3) is 8.37. The van der Waals surface area contributed by atoms with Crippen LogP contribution < -0.4 is 10.6 Å². The number of hydrogen-bond donors (Lipinski definition) is 3. The van der Waals surface area contributed by atoms with Gasteiger partial charge in [-0.25, -0.2) is 0 Å². The highest BCUT2D eigenvalue weighted by Gasteiger charge is 2.10. The number of hydrogen-bond acceptors (Lipinski definition) is 3. The van der Waals surface area contributed by atoms with E-state index in [0.717, 1.165) is 44.7 Å². The van der Waals surface area contributed by atoms with Crippen LogP contribution in [0.25, 0.3) is 0 Å². The van der Waals surface area contributed by atoms with E-state index in [1.54, 1.807) is 0 Å². The lowest BCUT2D eigenvalue weighted by Gasteiger charge is -2.19. The summed E-state index contributed by atoms with van der Waals surface area (Å²) in [5.41, 5.74) is 0. The second kappa shape index (κ2) is 11.5. The number of rotatable bonds is 10. The summed E-state index contributed by atoms with van der Waals surface area (Å²) in [4.78, 5) is 7.49. The average molecular weight is 340 g/mol. The standard InChI is InChI=1S/C18H33N3OS/c1-5-7-16(10-11-22)13-20-18(19-6-2)21-14(3)12-17-9-8-15(4)23-17/h8-9,14,16,22H,5-7,10-13H2,1-4H3,(H2,19,20,21). The highest BCUT2D eigenvalue weighted by molar-refractivity contribution is 7.11. The van der Waals surface area contributed by atoms with Crippen LogP contribution in [0.5, 0.6) is 0 Å².